The van der Waals surface area contributed by atoms with Crippen molar-refractivity contribution in [3.8, 4) is 0 Å². The summed E-state index contributed by atoms with van der Waals surface area (Å²) in [7, 11) is 0. The third-order valence-electron chi connectivity index (χ3n) is 2.31. The third kappa shape index (κ3) is 4.28. The molecule has 1 rings (SSSR count). The monoisotopic (exact) mass is 242 g/mol. The van der Waals surface area contributed by atoms with Gasteiger partial charge < -0.3 is 10.4 Å². The van der Waals surface area contributed by atoms with Crippen LogP contribution in [-0.2, 0) is 11.2 Å². The first-order valence-corrected chi connectivity index (χ1v) is 6.35. The number of carboxylic acids is 1. The lowest BCUT2D eigenvalue weighted by molar-refractivity contribution is -0.137. The number of hydrogen-bond donors (Lipinski definition) is 2. The first-order valence-electron chi connectivity index (χ1n) is 5.53. The van der Waals surface area contributed by atoms with Crippen molar-refractivity contribution in [1.29, 1.82) is 0 Å². The Kier molecular flexibility index (Phi) is 5.42. The third-order valence-corrected chi connectivity index (χ3v) is 3.63. The molecule has 0 amide bonds. The molecule has 0 aromatic carbocycles. The Bertz CT molecular complexity index is 338. The summed E-state index contributed by atoms with van der Waals surface area (Å²) >= 11 is 1.72. The predicted molar refractivity (Wildman–Crippen MR) is 64.8 cm³/mol. The number of hydrogen-bond acceptors (Lipinski definition) is 4. The van der Waals surface area contributed by atoms with Crippen LogP contribution in [0.3, 0.4) is 0 Å². The Morgan fingerprint density at radius 1 is 1.69 bits per heavy atom. The molecule has 4 nitrogen and oxygen atoms in total. The van der Waals surface area contributed by atoms with Crippen LogP contribution in [0, 0.1) is 0 Å². The van der Waals surface area contributed by atoms with E-state index in [1.54, 1.807) is 11.3 Å². The van der Waals surface area contributed by atoms with Gasteiger partial charge in [-0.3, -0.25) is 4.79 Å². The average Bonchev–Trinajstić information content (AvgIpc) is 2.72. The van der Waals surface area contributed by atoms with Gasteiger partial charge in [-0.1, -0.05) is 6.92 Å². The minimum absolute atomic E-state index is 0.207. The van der Waals surface area contributed by atoms with Crippen molar-refractivity contribution < 1.29 is 9.90 Å². The maximum atomic E-state index is 10.3. The van der Waals surface area contributed by atoms with Crippen LogP contribution in [0.15, 0.2) is 6.20 Å². The zero-order valence-corrected chi connectivity index (χ0v) is 10.5. The van der Waals surface area contributed by atoms with Gasteiger partial charge in [0.2, 0.25) is 0 Å². The standard InChI is InChI=1S/C11H18N2O2S/c1-3-9-7-13-11(16-9)8(2)12-6-4-5-10(14)15/h7-8,12H,3-6H2,1-2H3,(H,14,15). The fourth-order valence-corrected chi connectivity index (χ4v) is 2.22. The summed E-state index contributed by atoms with van der Waals surface area (Å²) in [5.74, 6) is -0.739. The predicted octanol–water partition coefficient (Wildman–Crippen LogP) is 2.22. The van der Waals surface area contributed by atoms with Crippen molar-refractivity contribution >= 4 is 17.3 Å². The Balaban J connectivity index is 2.29. The first-order chi connectivity index (χ1) is 7.63. The van der Waals surface area contributed by atoms with Crippen LogP contribution < -0.4 is 5.32 Å². The van der Waals surface area contributed by atoms with E-state index in [0.29, 0.717) is 13.0 Å². The highest BCUT2D eigenvalue weighted by molar-refractivity contribution is 7.11. The maximum Gasteiger partial charge on any atom is 0.303 e. The van der Waals surface area contributed by atoms with Crippen LogP contribution in [-0.4, -0.2) is 22.6 Å². The molecular weight excluding hydrogens is 224 g/mol. The Hall–Kier alpha value is -0.940. The van der Waals surface area contributed by atoms with E-state index in [0.717, 1.165) is 11.4 Å². The lowest BCUT2D eigenvalue weighted by Gasteiger charge is -2.09. The van der Waals surface area contributed by atoms with Gasteiger partial charge in [-0.15, -0.1) is 11.3 Å². The van der Waals surface area contributed by atoms with E-state index in [9.17, 15) is 4.79 Å². The summed E-state index contributed by atoms with van der Waals surface area (Å²) in [5.41, 5.74) is 0. The lowest BCUT2D eigenvalue weighted by Crippen LogP contribution is -2.20. The fourth-order valence-electron chi connectivity index (χ4n) is 1.33. The van der Waals surface area contributed by atoms with Crippen molar-refractivity contribution in [1.82, 2.24) is 10.3 Å². The van der Waals surface area contributed by atoms with E-state index >= 15 is 0 Å². The van der Waals surface area contributed by atoms with Crippen molar-refractivity contribution in [2.24, 2.45) is 0 Å². The number of thiazole rings is 1. The molecule has 0 radical (unpaired) electrons. The fraction of sp³-hybridized carbons (Fsp3) is 0.636. The van der Waals surface area contributed by atoms with Crippen molar-refractivity contribution in [3.63, 3.8) is 0 Å². The van der Waals surface area contributed by atoms with Crippen LogP contribution in [0.4, 0.5) is 0 Å². The smallest absolute Gasteiger partial charge is 0.303 e. The molecule has 0 saturated carbocycles. The Morgan fingerprint density at radius 3 is 3.00 bits per heavy atom. The first kappa shape index (κ1) is 13.1. The molecule has 0 saturated heterocycles. The summed E-state index contributed by atoms with van der Waals surface area (Å²) < 4.78 is 0. The second-order valence-electron chi connectivity index (χ2n) is 3.69. The number of aliphatic carboxylic acids is 1. The molecule has 16 heavy (non-hydrogen) atoms. The van der Waals surface area contributed by atoms with Crippen molar-refractivity contribution in [3.05, 3.63) is 16.1 Å². The molecule has 1 aromatic heterocycles. The van der Waals surface area contributed by atoms with Crippen LogP contribution in [0.2, 0.25) is 0 Å². The molecule has 5 heteroatoms. The number of nitrogens with zero attached hydrogens (tertiary/aromatic N) is 1. The number of carbonyl (C=O) groups is 1. The quantitative estimate of drug-likeness (QED) is 0.720. The van der Waals surface area contributed by atoms with E-state index in [-0.39, 0.29) is 12.5 Å². The summed E-state index contributed by atoms with van der Waals surface area (Å²) in [5, 5.41) is 12.8. The zero-order valence-electron chi connectivity index (χ0n) is 9.69. The number of aryl methyl sites for hydroxylation is 1. The molecular formula is C11H18N2O2S. The molecule has 1 unspecified atom stereocenters. The molecule has 90 valence electrons. The second-order valence-corrected chi connectivity index (χ2v) is 4.84. The van der Waals surface area contributed by atoms with E-state index < -0.39 is 5.97 Å². The van der Waals surface area contributed by atoms with Gasteiger partial charge in [0.05, 0.1) is 6.04 Å². The van der Waals surface area contributed by atoms with Gasteiger partial charge in [0, 0.05) is 17.5 Å². The largest absolute Gasteiger partial charge is 0.481 e. The van der Waals surface area contributed by atoms with Crippen molar-refractivity contribution in [2.45, 2.75) is 39.2 Å². The molecule has 0 spiro atoms. The van der Waals surface area contributed by atoms with E-state index in [4.69, 9.17) is 5.11 Å². The van der Waals surface area contributed by atoms with Gasteiger partial charge in [0.1, 0.15) is 5.01 Å². The molecule has 1 heterocycles. The van der Waals surface area contributed by atoms with Gasteiger partial charge in [-0.25, -0.2) is 4.98 Å². The molecule has 1 aromatic rings. The molecule has 0 aliphatic rings. The Labute approximate surface area is 99.7 Å². The summed E-state index contributed by atoms with van der Waals surface area (Å²) in [4.78, 5) is 15.9. The number of aromatic nitrogens is 1. The zero-order chi connectivity index (χ0) is 12.0. The molecule has 1 atom stereocenters. The van der Waals surface area contributed by atoms with E-state index in [2.05, 4.69) is 24.1 Å². The number of carboxylic acid groups (broad SMARTS) is 1. The molecule has 0 bridgehead atoms. The lowest BCUT2D eigenvalue weighted by atomic mass is 10.3. The topological polar surface area (TPSA) is 62.2 Å². The van der Waals surface area contributed by atoms with Gasteiger partial charge in [-0.2, -0.15) is 0 Å². The highest BCUT2D eigenvalue weighted by Crippen LogP contribution is 2.19. The van der Waals surface area contributed by atoms with Crippen LogP contribution in [0.1, 0.15) is 42.6 Å². The highest BCUT2D eigenvalue weighted by atomic mass is 32.1. The van der Waals surface area contributed by atoms with Crippen molar-refractivity contribution in [2.75, 3.05) is 6.54 Å². The average molecular weight is 242 g/mol. The minimum atomic E-state index is -0.739. The van der Waals surface area contributed by atoms with E-state index in [1.165, 1.54) is 4.88 Å². The van der Waals surface area contributed by atoms with Gasteiger partial charge in [0.25, 0.3) is 0 Å². The molecule has 2 N–H and O–H groups in total. The van der Waals surface area contributed by atoms with E-state index in [1.807, 2.05) is 6.20 Å². The maximum absolute atomic E-state index is 10.3. The van der Waals surface area contributed by atoms with Crippen LogP contribution in [0.25, 0.3) is 0 Å². The minimum Gasteiger partial charge on any atom is -0.481 e. The van der Waals surface area contributed by atoms with Crippen LogP contribution in [0.5, 0.6) is 0 Å². The van der Waals surface area contributed by atoms with Gasteiger partial charge in [0.15, 0.2) is 0 Å². The second kappa shape index (κ2) is 6.60. The normalized spacial score (nSPS) is 12.6. The summed E-state index contributed by atoms with van der Waals surface area (Å²) in [6.45, 7) is 4.88. The van der Waals surface area contributed by atoms with Gasteiger partial charge >= 0.3 is 5.97 Å². The highest BCUT2D eigenvalue weighted by Gasteiger charge is 2.09. The van der Waals surface area contributed by atoms with Gasteiger partial charge in [-0.05, 0) is 26.3 Å². The SMILES string of the molecule is CCc1cnc(C(C)NCCCC(=O)O)s1. The molecule has 0 fully saturated rings. The number of rotatable bonds is 7. The molecule has 0 aliphatic heterocycles. The summed E-state index contributed by atoms with van der Waals surface area (Å²) in [6, 6.07) is 0.207. The Morgan fingerprint density at radius 2 is 2.44 bits per heavy atom. The number of nitrogens with one attached hydrogen (secondary N) is 1. The summed E-state index contributed by atoms with van der Waals surface area (Å²) in [6.07, 6.45) is 3.81. The van der Waals surface area contributed by atoms with Crippen LogP contribution >= 0.6 is 11.3 Å². The molecule has 0 aliphatic carbocycles.